The van der Waals surface area contributed by atoms with Gasteiger partial charge in [0, 0.05) is 65.8 Å². The Kier molecular flexibility index (Phi) is 20.3. The Bertz CT molecular complexity index is 9430. The quantitative estimate of drug-likeness (QED) is 0.116. The first-order valence-corrected chi connectivity index (χ1v) is 49.0. The average molecular weight is 1800 g/mol. The summed E-state index contributed by atoms with van der Waals surface area (Å²) >= 11 is 0. The Balaban J connectivity index is 0.000000109. The van der Waals surface area contributed by atoms with Gasteiger partial charge >= 0.3 is 0 Å². The Morgan fingerprint density at radius 1 is 0.0915 bits per heavy atom. The van der Waals surface area contributed by atoms with E-state index in [2.05, 4.69) is 564 Å². The highest BCUT2D eigenvalue weighted by molar-refractivity contribution is 6.15. The van der Waals surface area contributed by atoms with Gasteiger partial charge in [-0.25, -0.2) is 0 Å². The highest BCUT2D eigenvalue weighted by Gasteiger charge is 2.23. The van der Waals surface area contributed by atoms with Crippen molar-refractivity contribution in [1.82, 2.24) is 18.3 Å². The summed E-state index contributed by atoms with van der Waals surface area (Å²) in [6, 6.07) is 200. The first kappa shape index (κ1) is 82.7. The fourth-order valence-corrected chi connectivity index (χ4v) is 22.6. The SMILES string of the molecule is c1ccc2c(-c3cc(-c4ccc(-n5c6ccccc6c6ccccc65)cc4)cc(-c4cccc5ccccc45)c3)cccc2c1.c1ccc2c(-c3cc(-c4cccc5ccccc45)cc(-n4c5ccccc5c5ccccc54)c3)cccc2c1.c1ccc2cc(-c3cc(-c4cc(-n5c6ccccc6c6ccccc65)cc(-n5c6ccccc6c6ccccc65)c4)cc(-c4ccc5ccccc5c4)c3)ccc2c1. The van der Waals surface area contributed by atoms with Gasteiger partial charge in [0.05, 0.1) is 44.1 Å². The van der Waals surface area contributed by atoms with Crippen LogP contribution in [0.25, 0.3) is 264 Å². The van der Waals surface area contributed by atoms with Gasteiger partial charge in [-0.05, 0) is 299 Å². The van der Waals surface area contributed by atoms with Crippen LogP contribution in [0.5, 0.6) is 0 Å². The topological polar surface area (TPSA) is 19.7 Å². The Hall–Kier alpha value is -18.7. The van der Waals surface area contributed by atoms with E-state index >= 15 is 0 Å². The van der Waals surface area contributed by atoms with Gasteiger partial charge in [-0.2, -0.15) is 0 Å². The van der Waals surface area contributed by atoms with Crippen molar-refractivity contribution in [2.24, 2.45) is 0 Å². The third-order valence-electron chi connectivity index (χ3n) is 29.1. The van der Waals surface area contributed by atoms with Gasteiger partial charge < -0.3 is 18.3 Å². The molecule has 4 heterocycles. The van der Waals surface area contributed by atoms with Crippen molar-refractivity contribution >= 4 is 152 Å². The molecule has 662 valence electrons. The molecular weight excluding hydrogens is 1710 g/mol. The fraction of sp³-hybridized carbons (Fsp3) is 0. The van der Waals surface area contributed by atoms with Gasteiger partial charge in [-0.1, -0.05) is 400 Å². The minimum absolute atomic E-state index is 1.12. The lowest BCUT2D eigenvalue weighted by Gasteiger charge is -2.17. The van der Waals surface area contributed by atoms with E-state index in [0.29, 0.717) is 0 Å². The van der Waals surface area contributed by atoms with Crippen molar-refractivity contribution in [3.05, 3.63) is 546 Å². The van der Waals surface area contributed by atoms with Gasteiger partial charge in [-0.15, -0.1) is 0 Å². The van der Waals surface area contributed by atoms with Gasteiger partial charge in [0.25, 0.3) is 0 Å². The predicted molar refractivity (Wildman–Crippen MR) is 605 cm³/mol. The number of rotatable bonds is 12. The number of hydrogen-bond donors (Lipinski definition) is 0. The van der Waals surface area contributed by atoms with Crippen molar-refractivity contribution in [2.75, 3.05) is 0 Å². The second-order valence-electron chi connectivity index (χ2n) is 37.4. The summed E-state index contributed by atoms with van der Waals surface area (Å²) in [5.41, 5.74) is 33.6. The largest absolute Gasteiger partial charge is 0.309 e. The van der Waals surface area contributed by atoms with Gasteiger partial charge in [0.1, 0.15) is 0 Å². The number of fused-ring (bicyclic) bond motifs is 18. The lowest BCUT2D eigenvalue weighted by molar-refractivity contribution is 1.13. The molecule has 0 aliphatic rings. The number of para-hydroxylation sites is 8. The second kappa shape index (κ2) is 34.8. The fourth-order valence-electron chi connectivity index (χ4n) is 22.6. The van der Waals surface area contributed by atoms with Crippen LogP contribution in [0.4, 0.5) is 0 Å². The number of hydrogen-bond acceptors (Lipinski definition) is 0. The summed E-state index contributed by atoms with van der Waals surface area (Å²) in [6.45, 7) is 0. The normalized spacial score (nSPS) is 11.7. The monoisotopic (exact) mass is 1800 g/mol. The summed E-state index contributed by atoms with van der Waals surface area (Å²) < 4.78 is 9.70. The van der Waals surface area contributed by atoms with Crippen LogP contribution in [-0.4, -0.2) is 18.3 Å². The molecule has 29 rings (SSSR count). The van der Waals surface area contributed by atoms with Crippen molar-refractivity contribution in [3.63, 3.8) is 0 Å². The van der Waals surface area contributed by atoms with Crippen LogP contribution in [0.3, 0.4) is 0 Å². The van der Waals surface area contributed by atoms with Gasteiger partial charge in [0.15, 0.2) is 0 Å². The first-order chi connectivity index (χ1) is 70.4. The summed E-state index contributed by atoms with van der Waals surface area (Å²) in [5.74, 6) is 0. The average Bonchev–Trinajstić information content (AvgIpc) is 1.25. The molecule has 0 amide bonds. The van der Waals surface area contributed by atoms with Crippen molar-refractivity contribution in [1.29, 1.82) is 0 Å². The van der Waals surface area contributed by atoms with Crippen molar-refractivity contribution in [3.8, 4) is 112 Å². The van der Waals surface area contributed by atoms with E-state index < -0.39 is 0 Å². The maximum Gasteiger partial charge on any atom is 0.0541 e. The first-order valence-electron chi connectivity index (χ1n) is 49.0. The minimum Gasteiger partial charge on any atom is -0.309 e. The zero-order valence-corrected chi connectivity index (χ0v) is 77.8. The zero-order valence-electron chi connectivity index (χ0n) is 77.8. The van der Waals surface area contributed by atoms with E-state index in [1.54, 1.807) is 0 Å². The highest BCUT2D eigenvalue weighted by Crippen LogP contribution is 2.47. The highest BCUT2D eigenvalue weighted by atomic mass is 15.0. The smallest absolute Gasteiger partial charge is 0.0541 e. The molecule has 29 aromatic rings. The maximum atomic E-state index is 2.45. The predicted octanol–water partition coefficient (Wildman–Crippen LogP) is 37.7. The van der Waals surface area contributed by atoms with Gasteiger partial charge in [-0.3, -0.25) is 0 Å². The molecule has 0 saturated carbocycles. The third-order valence-corrected chi connectivity index (χ3v) is 29.1. The van der Waals surface area contributed by atoms with Gasteiger partial charge in [0.2, 0.25) is 0 Å². The van der Waals surface area contributed by atoms with E-state index in [9.17, 15) is 0 Å². The molecule has 0 N–H and O–H groups in total. The Morgan fingerprint density at radius 3 is 0.585 bits per heavy atom. The van der Waals surface area contributed by atoms with Crippen LogP contribution < -0.4 is 0 Å². The van der Waals surface area contributed by atoms with Crippen molar-refractivity contribution in [2.45, 2.75) is 0 Å². The van der Waals surface area contributed by atoms with Crippen LogP contribution in [-0.2, 0) is 0 Å². The molecule has 142 heavy (non-hydrogen) atoms. The number of aromatic nitrogens is 4. The number of benzene rings is 25. The van der Waals surface area contributed by atoms with Crippen LogP contribution in [0.1, 0.15) is 0 Å². The minimum atomic E-state index is 1.12. The van der Waals surface area contributed by atoms with Crippen LogP contribution in [0, 0.1) is 0 Å². The molecule has 4 aromatic heterocycles. The van der Waals surface area contributed by atoms with Crippen LogP contribution in [0.15, 0.2) is 546 Å². The lowest BCUT2D eigenvalue weighted by Crippen LogP contribution is -2.00. The molecule has 0 unspecified atom stereocenters. The molecule has 25 aromatic carbocycles. The van der Waals surface area contributed by atoms with E-state index in [1.807, 2.05) is 0 Å². The van der Waals surface area contributed by atoms with Crippen LogP contribution in [0.2, 0.25) is 0 Å². The number of nitrogens with zero attached hydrogens (tertiary/aromatic N) is 4. The molecule has 4 heteroatoms. The molecule has 0 atom stereocenters. The standard InChI is InChI=1S/C56H36N2.C44H29N.C38H25N/c1-3-15-39-29-41(27-25-37(39)13-1)43-31-44(42-28-26-38-14-2-4-16-40(38)30-42)33-45(32-43)46-34-47(57-53-21-9-5-17-49(53)50-18-6-10-22-54(50)57)36-48(35-46)58-55-23-11-7-19-51(55)52-20-8-12-24-56(52)58;1-3-15-37-31(11-1)13-9-19-39(37)34-27-33(28-35(29-34)40-20-10-14-32-12-2-4-16-38(32)40)30-23-25-36(26-24-30)45-43-21-7-5-17-41(43)42-18-6-8-22-44(42)45;1-3-15-31-26(11-1)13-9-19-33(31)28-23-29(34-20-10-14-27-12-2-4-16-32(27)34)25-30(24-28)39-37-21-7-5-17-35(37)36-18-6-8-22-38(36)39/h1-36H;1-29H;1-25H. The lowest BCUT2D eigenvalue weighted by atomic mass is 9.90. The molecule has 0 spiro atoms. The summed E-state index contributed by atoms with van der Waals surface area (Å²) in [7, 11) is 0. The molecular formula is C138H90N4. The molecule has 0 fully saturated rings. The van der Waals surface area contributed by atoms with E-state index in [1.165, 1.54) is 241 Å². The maximum absolute atomic E-state index is 2.45. The van der Waals surface area contributed by atoms with E-state index in [0.717, 1.165) is 22.6 Å². The molecule has 0 aliphatic carbocycles. The summed E-state index contributed by atoms with van der Waals surface area (Å²) in [4.78, 5) is 0. The molecule has 4 nitrogen and oxygen atoms in total. The van der Waals surface area contributed by atoms with Crippen molar-refractivity contribution < 1.29 is 0 Å². The molecule has 0 radical (unpaired) electrons. The molecule has 0 bridgehead atoms. The van der Waals surface area contributed by atoms with E-state index in [-0.39, 0.29) is 0 Å². The molecule has 0 aliphatic heterocycles. The molecule has 0 saturated heterocycles. The third kappa shape index (κ3) is 14.5. The Morgan fingerprint density at radius 2 is 0.282 bits per heavy atom. The van der Waals surface area contributed by atoms with E-state index in [4.69, 9.17) is 0 Å². The zero-order chi connectivity index (χ0) is 93.7. The Labute approximate surface area is 821 Å². The van der Waals surface area contributed by atoms with Crippen LogP contribution >= 0.6 is 0 Å². The second-order valence-corrected chi connectivity index (χ2v) is 37.4. The summed E-state index contributed by atoms with van der Waals surface area (Å²) in [5, 5.41) is 25.1. The summed E-state index contributed by atoms with van der Waals surface area (Å²) in [6.07, 6.45) is 0.